The summed E-state index contributed by atoms with van der Waals surface area (Å²) in [5.74, 6) is 0.499. The zero-order valence-electron chi connectivity index (χ0n) is 11.0. The van der Waals surface area contributed by atoms with Gasteiger partial charge in [-0.3, -0.25) is 4.79 Å². The van der Waals surface area contributed by atoms with E-state index >= 15 is 0 Å². The van der Waals surface area contributed by atoms with Crippen molar-refractivity contribution in [1.82, 2.24) is 5.32 Å². The van der Waals surface area contributed by atoms with Crippen LogP contribution in [0.1, 0.15) is 42.1 Å². The van der Waals surface area contributed by atoms with Crippen LogP contribution >= 0.6 is 0 Å². The number of nitrogens with one attached hydrogen (secondary N) is 1. The summed E-state index contributed by atoms with van der Waals surface area (Å²) in [6.07, 6.45) is 3.64. The van der Waals surface area contributed by atoms with Crippen molar-refractivity contribution in [1.29, 1.82) is 0 Å². The van der Waals surface area contributed by atoms with Crippen LogP contribution in [0.3, 0.4) is 0 Å². The van der Waals surface area contributed by atoms with Crippen molar-refractivity contribution in [2.45, 2.75) is 33.1 Å². The number of aryl methyl sites for hydroxylation is 1. The molecular weight excluding hydrogens is 229 g/mol. The van der Waals surface area contributed by atoms with Gasteiger partial charge in [-0.05, 0) is 36.8 Å². The lowest BCUT2D eigenvalue weighted by Crippen LogP contribution is -2.30. The van der Waals surface area contributed by atoms with Crippen LogP contribution < -0.4 is 5.32 Å². The van der Waals surface area contributed by atoms with Gasteiger partial charge in [0.15, 0.2) is 0 Å². The number of halogens is 1. The lowest BCUT2D eigenvalue weighted by Gasteiger charge is -2.16. The highest BCUT2D eigenvalue weighted by molar-refractivity contribution is 5.94. The molecule has 0 spiro atoms. The second-order valence-corrected chi connectivity index (χ2v) is 5.31. The van der Waals surface area contributed by atoms with Crippen LogP contribution in [0.2, 0.25) is 0 Å². The van der Waals surface area contributed by atoms with Crippen LogP contribution in [0.25, 0.3) is 0 Å². The predicted octanol–water partition coefficient (Wildman–Crippen LogP) is 3.30. The summed E-state index contributed by atoms with van der Waals surface area (Å²) >= 11 is 0. The minimum atomic E-state index is -0.408. The largest absolute Gasteiger partial charge is 0.352 e. The summed E-state index contributed by atoms with van der Waals surface area (Å²) in [5, 5.41) is 2.86. The number of carbonyl (C=O) groups is 1. The Bertz CT molecular complexity index is 444. The monoisotopic (exact) mass is 249 g/mol. The minimum Gasteiger partial charge on any atom is -0.352 e. The average molecular weight is 249 g/mol. The van der Waals surface area contributed by atoms with Gasteiger partial charge in [0.25, 0.3) is 5.91 Å². The summed E-state index contributed by atoms with van der Waals surface area (Å²) in [7, 11) is 0. The molecule has 0 aromatic heterocycles. The van der Waals surface area contributed by atoms with Gasteiger partial charge in [0, 0.05) is 6.54 Å². The normalized spacial score (nSPS) is 23.1. The second kappa shape index (κ2) is 5.51. The van der Waals surface area contributed by atoms with Gasteiger partial charge in [0.2, 0.25) is 0 Å². The number of rotatable bonds is 3. The Hall–Kier alpha value is -1.38. The van der Waals surface area contributed by atoms with Crippen molar-refractivity contribution in [2.24, 2.45) is 11.8 Å². The number of amides is 1. The van der Waals surface area contributed by atoms with Gasteiger partial charge in [0.1, 0.15) is 5.82 Å². The van der Waals surface area contributed by atoms with Gasteiger partial charge in [-0.15, -0.1) is 0 Å². The molecule has 1 amide bonds. The van der Waals surface area contributed by atoms with Crippen molar-refractivity contribution < 1.29 is 9.18 Å². The average Bonchev–Trinajstić information content (AvgIpc) is 2.75. The van der Waals surface area contributed by atoms with Crippen molar-refractivity contribution >= 4 is 5.91 Å². The molecule has 2 atom stereocenters. The maximum absolute atomic E-state index is 13.8. The molecule has 3 heteroatoms. The van der Waals surface area contributed by atoms with E-state index in [1.54, 1.807) is 19.1 Å². The quantitative estimate of drug-likeness (QED) is 0.875. The molecule has 18 heavy (non-hydrogen) atoms. The first kappa shape index (κ1) is 13.1. The van der Waals surface area contributed by atoms with E-state index in [-0.39, 0.29) is 11.5 Å². The Kier molecular flexibility index (Phi) is 4.00. The first-order valence-electron chi connectivity index (χ1n) is 6.63. The molecule has 98 valence electrons. The van der Waals surface area contributed by atoms with E-state index in [0.29, 0.717) is 23.9 Å². The molecule has 1 aliphatic rings. The molecule has 0 heterocycles. The van der Waals surface area contributed by atoms with Crippen molar-refractivity contribution in [3.8, 4) is 0 Å². The zero-order valence-corrected chi connectivity index (χ0v) is 11.0. The van der Waals surface area contributed by atoms with E-state index in [9.17, 15) is 9.18 Å². The lowest BCUT2D eigenvalue weighted by molar-refractivity contribution is 0.0940. The van der Waals surface area contributed by atoms with E-state index in [2.05, 4.69) is 12.2 Å². The summed E-state index contributed by atoms with van der Waals surface area (Å²) in [5.41, 5.74) is 0.664. The van der Waals surface area contributed by atoms with Crippen LogP contribution in [0, 0.1) is 24.6 Å². The molecule has 0 bridgehead atoms. The van der Waals surface area contributed by atoms with Gasteiger partial charge in [-0.2, -0.15) is 0 Å². The van der Waals surface area contributed by atoms with Crippen LogP contribution in [0.15, 0.2) is 18.2 Å². The third kappa shape index (κ3) is 2.71. The van der Waals surface area contributed by atoms with E-state index in [4.69, 9.17) is 0 Å². The topological polar surface area (TPSA) is 29.1 Å². The molecular formula is C15H20FNO. The molecule has 1 N–H and O–H groups in total. The summed E-state index contributed by atoms with van der Waals surface area (Å²) in [6.45, 7) is 4.55. The standard InChI is InChI=1S/C15H20FNO/c1-10-5-3-7-12(10)9-17-15(18)13-8-4-6-11(2)14(13)16/h4,6,8,10,12H,3,5,7,9H2,1-2H3,(H,17,18). The van der Waals surface area contributed by atoms with Gasteiger partial charge < -0.3 is 5.32 Å². The molecule has 2 unspecified atom stereocenters. The first-order chi connectivity index (χ1) is 8.59. The van der Waals surface area contributed by atoms with E-state index < -0.39 is 5.82 Å². The Balaban J connectivity index is 1.97. The minimum absolute atomic E-state index is 0.153. The molecule has 1 aliphatic carbocycles. The van der Waals surface area contributed by atoms with Gasteiger partial charge in [-0.25, -0.2) is 4.39 Å². The van der Waals surface area contributed by atoms with Crippen LogP contribution in [-0.2, 0) is 0 Å². The van der Waals surface area contributed by atoms with Crippen molar-refractivity contribution in [2.75, 3.05) is 6.54 Å². The zero-order chi connectivity index (χ0) is 13.1. The Morgan fingerprint density at radius 1 is 1.44 bits per heavy atom. The van der Waals surface area contributed by atoms with Crippen molar-refractivity contribution in [3.05, 3.63) is 35.1 Å². The fourth-order valence-electron chi connectivity index (χ4n) is 2.67. The molecule has 0 saturated heterocycles. The Morgan fingerprint density at radius 3 is 2.89 bits per heavy atom. The Labute approximate surface area is 108 Å². The smallest absolute Gasteiger partial charge is 0.254 e. The fraction of sp³-hybridized carbons (Fsp3) is 0.533. The molecule has 2 rings (SSSR count). The molecule has 1 saturated carbocycles. The molecule has 0 aliphatic heterocycles. The molecule has 1 aromatic carbocycles. The van der Waals surface area contributed by atoms with Gasteiger partial charge in [0.05, 0.1) is 5.56 Å². The van der Waals surface area contributed by atoms with Gasteiger partial charge >= 0.3 is 0 Å². The highest BCUT2D eigenvalue weighted by Gasteiger charge is 2.24. The van der Waals surface area contributed by atoms with Crippen LogP contribution in [-0.4, -0.2) is 12.5 Å². The molecule has 2 nitrogen and oxygen atoms in total. The molecule has 0 radical (unpaired) electrons. The third-order valence-corrected chi connectivity index (χ3v) is 4.00. The van der Waals surface area contributed by atoms with Gasteiger partial charge in [-0.1, -0.05) is 31.9 Å². The first-order valence-corrected chi connectivity index (χ1v) is 6.63. The second-order valence-electron chi connectivity index (χ2n) is 5.31. The third-order valence-electron chi connectivity index (χ3n) is 4.00. The van der Waals surface area contributed by atoms with Crippen LogP contribution in [0.5, 0.6) is 0 Å². The highest BCUT2D eigenvalue weighted by Crippen LogP contribution is 2.30. The maximum atomic E-state index is 13.8. The van der Waals surface area contributed by atoms with E-state index in [1.807, 2.05) is 0 Å². The summed E-state index contributed by atoms with van der Waals surface area (Å²) in [4.78, 5) is 11.9. The van der Waals surface area contributed by atoms with Crippen molar-refractivity contribution in [3.63, 3.8) is 0 Å². The van der Waals surface area contributed by atoms with E-state index in [1.165, 1.54) is 18.9 Å². The van der Waals surface area contributed by atoms with Crippen LogP contribution in [0.4, 0.5) is 4.39 Å². The lowest BCUT2D eigenvalue weighted by atomic mass is 9.98. The highest BCUT2D eigenvalue weighted by atomic mass is 19.1. The molecule has 1 aromatic rings. The fourth-order valence-corrected chi connectivity index (χ4v) is 2.67. The predicted molar refractivity (Wildman–Crippen MR) is 70.0 cm³/mol. The number of hydrogen-bond acceptors (Lipinski definition) is 1. The SMILES string of the molecule is Cc1cccc(C(=O)NCC2CCCC2C)c1F. The number of hydrogen-bond donors (Lipinski definition) is 1. The summed E-state index contributed by atoms with van der Waals surface area (Å²) < 4.78 is 13.8. The molecule has 1 fully saturated rings. The number of benzene rings is 1. The Morgan fingerprint density at radius 2 is 2.22 bits per heavy atom. The van der Waals surface area contributed by atoms with E-state index in [0.717, 1.165) is 6.42 Å². The summed E-state index contributed by atoms with van der Waals surface area (Å²) in [6, 6.07) is 4.92. The number of carbonyl (C=O) groups excluding carboxylic acids is 1. The maximum Gasteiger partial charge on any atom is 0.254 e.